The normalized spacial score (nSPS) is 13.1. The number of nitrogens with zero attached hydrogens (tertiary/aromatic N) is 2. The van der Waals surface area contributed by atoms with E-state index in [4.69, 9.17) is 15.5 Å². The van der Waals surface area contributed by atoms with Crippen LogP contribution in [0.15, 0.2) is 18.2 Å². The fourth-order valence-electron chi connectivity index (χ4n) is 2.58. The van der Waals surface area contributed by atoms with Crippen molar-refractivity contribution in [2.45, 2.75) is 33.1 Å². The number of nitrogens with two attached hydrogens (primary N) is 1. The van der Waals surface area contributed by atoms with E-state index in [1.165, 1.54) is 5.56 Å². The molecular formula is C16H19N3O. The number of aromatic nitrogens is 2. The van der Waals surface area contributed by atoms with Crippen molar-refractivity contribution in [3.8, 4) is 17.0 Å². The lowest BCUT2D eigenvalue weighted by molar-refractivity contribution is 0.358. The zero-order valence-corrected chi connectivity index (χ0v) is 11.9. The van der Waals surface area contributed by atoms with E-state index in [-0.39, 0.29) is 0 Å². The Balaban J connectivity index is 2.17. The fourth-order valence-corrected chi connectivity index (χ4v) is 2.58. The van der Waals surface area contributed by atoms with Gasteiger partial charge < -0.3 is 10.5 Å². The minimum absolute atomic E-state index is 0.564. The van der Waals surface area contributed by atoms with E-state index in [9.17, 15) is 0 Å². The molecule has 0 radical (unpaired) electrons. The lowest BCUT2D eigenvalue weighted by Crippen LogP contribution is -2.05. The van der Waals surface area contributed by atoms with Crippen LogP contribution < -0.4 is 10.5 Å². The summed E-state index contributed by atoms with van der Waals surface area (Å²) in [5.41, 5.74) is 10.1. The van der Waals surface area contributed by atoms with Crippen LogP contribution in [0.2, 0.25) is 0 Å². The molecular weight excluding hydrogens is 250 g/mol. The molecule has 0 atom stereocenters. The Bertz CT molecular complexity index is 652. The molecule has 2 aromatic rings. The number of ether oxygens (including phenoxy) is 1. The van der Waals surface area contributed by atoms with Gasteiger partial charge >= 0.3 is 0 Å². The number of hydrogen-bond donors (Lipinski definition) is 1. The van der Waals surface area contributed by atoms with Crippen molar-refractivity contribution >= 4 is 5.82 Å². The second kappa shape index (κ2) is 5.12. The smallest absolute Gasteiger partial charge is 0.132 e. The van der Waals surface area contributed by atoms with Crippen LogP contribution in [-0.4, -0.2) is 16.6 Å². The Labute approximate surface area is 119 Å². The van der Waals surface area contributed by atoms with Gasteiger partial charge in [-0.3, -0.25) is 0 Å². The number of benzene rings is 1. The molecule has 0 spiro atoms. The van der Waals surface area contributed by atoms with Crippen molar-refractivity contribution < 1.29 is 4.74 Å². The van der Waals surface area contributed by atoms with Crippen LogP contribution in [-0.2, 0) is 12.8 Å². The predicted molar refractivity (Wildman–Crippen MR) is 79.8 cm³/mol. The van der Waals surface area contributed by atoms with E-state index in [0.717, 1.165) is 54.3 Å². The number of rotatable bonds is 3. The maximum absolute atomic E-state index is 6.04. The first-order valence-corrected chi connectivity index (χ1v) is 7.08. The number of hydrogen-bond acceptors (Lipinski definition) is 4. The van der Waals surface area contributed by atoms with E-state index in [1.807, 2.05) is 6.92 Å². The molecule has 1 aliphatic heterocycles. The molecule has 0 bridgehead atoms. The molecule has 104 valence electrons. The third-order valence-electron chi connectivity index (χ3n) is 3.67. The molecule has 4 heteroatoms. The van der Waals surface area contributed by atoms with Crippen LogP contribution in [0, 0.1) is 6.92 Å². The third-order valence-corrected chi connectivity index (χ3v) is 3.67. The number of para-hydroxylation sites is 1. The van der Waals surface area contributed by atoms with E-state index in [0.29, 0.717) is 5.82 Å². The molecule has 0 saturated heterocycles. The number of fused-ring (bicyclic) bond motifs is 1. The maximum atomic E-state index is 6.04. The highest BCUT2D eigenvalue weighted by atomic mass is 16.5. The van der Waals surface area contributed by atoms with Gasteiger partial charge in [-0.1, -0.05) is 19.1 Å². The van der Waals surface area contributed by atoms with E-state index in [1.54, 1.807) is 0 Å². The first-order valence-electron chi connectivity index (χ1n) is 7.08. The van der Waals surface area contributed by atoms with Crippen LogP contribution >= 0.6 is 0 Å². The Hall–Kier alpha value is -2.10. The Morgan fingerprint density at radius 2 is 2.15 bits per heavy atom. The van der Waals surface area contributed by atoms with Gasteiger partial charge in [0, 0.05) is 24.0 Å². The molecule has 0 amide bonds. The van der Waals surface area contributed by atoms with Gasteiger partial charge in [-0.2, -0.15) is 0 Å². The SMILES string of the molecule is CCCc1nc(N)c(C)c(-c2cccc3c2OCC3)n1. The molecule has 3 rings (SSSR count). The average Bonchev–Trinajstić information content (AvgIpc) is 2.91. The Kier molecular flexibility index (Phi) is 3.30. The van der Waals surface area contributed by atoms with Gasteiger partial charge in [-0.25, -0.2) is 9.97 Å². The van der Waals surface area contributed by atoms with E-state index >= 15 is 0 Å². The van der Waals surface area contributed by atoms with Gasteiger partial charge in [-0.15, -0.1) is 0 Å². The molecule has 1 aliphatic rings. The quantitative estimate of drug-likeness (QED) is 0.930. The molecule has 1 aromatic heterocycles. The summed E-state index contributed by atoms with van der Waals surface area (Å²) >= 11 is 0. The molecule has 0 aliphatic carbocycles. The summed E-state index contributed by atoms with van der Waals surface area (Å²) in [7, 11) is 0. The number of aryl methyl sites for hydroxylation is 1. The fraction of sp³-hybridized carbons (Fsp3) is 0.375. The summed E-state index contributed by atoms with van der Waals surface area (Å²) in [5, 5.41) is 0. The zero-order valence-electron chi connectivity index (χ0n) is 11.9. The monoisotopic (exact) mass is 269 g/mol. The lowest BCUT2D eigenvalue weighted by atomic mass is 10.0. The molecule has 0 saturated carbocycles. The third kappa shape index (κ3) is 2.11. The second-order valence-corrected chi connectivity index (χ2v) is 5.14. The minimum Gasteiger partial charge on any atom is -0.492 e. The van der Waals surface area contributed by atoms with Crippen molar-refractivity contribution in [3.63, 3.8) is 0 Å². The molecule has 4 nitrogen and oxygen atoms in total. The van der Waals surface area contributed by atoms with Crippen molar-refractivity contribution in [2.24, 2.45) is 0 Å². The summed E-state index contributed by atoms with van der Waals surface area (Å²) < 4.78 is 5.78. The minimum atomic E-state index is 0.564. The summed E-state index contributed by atoms with van der Waals surface area (Å²) in [6.07, 6.45) is 2.81. The van der Waals surface area contributed by atoms with Crippen molar-refractivity contribution in [3.05, 3.63) is 35.2 Å². The molecule has 1 aromatic carbocycles. The second-order valence-electron chi connectivity index (χ2n) is 5.14. The highest BCUT2D eigenvalue weighted by Crippen LogP contribution is 2.37. The van der Waals surface area contributed by atoms with Gasteiger partial charge in [0.25, 0.3) is 0 Å². The molecule has 20 heavy (non-hydrogen) atoms. The highest BCUT2D eigenvalue weighted by molar-refractivity contribution is 5.74. The lowest BCUT2D eigenvalue weighted by Gasteiger charge is -2.12. The predicted octanol–water partition coefficient (Wildman–Crippen LogP) is 2.92. The summed E-state index contributed by atoms with van der Waals surface area (Å²) in [5.74, 6) is 2.33. The summed E-state index contributed by atoms with van der Waals surface area (Å²) in [6.45, 7) is 4.82. The maximum Gasteiger partial charge on any atom is 0.132 e. The topological polar surface area (TPSA) is 61.0 Å². The highest BCUT2D eigenvalue weighted by Gasteiger charge is 2.20. The average molecular weight is 269 g/mol. The first-order chi connectivity index (χ1) is 9.70. The van der Waals surface area contributed by atoms with Gasteiger partial charge in [0.1, 0.15) is 17.4 Å². The molecule has 2 heterocycles. The summed E-state index contributed by atoms with van der Waals surface area (Å²) in [4.78, 5) is 9.07. The van der Waals surface area contributed by atoms with Gasteiger partial charge in [0.15, 0.2) is 0 Å². The van der Waals surface area contributed by atoms with Crippen LogP contribution in [0.4, 0.5) is 5.82 Å². The van der Waals surface area contributed by atoms with Crippen LogP contribution in [0.1, 0.15) is 30.3 Å². The standard InChI is InChI=1S/C16H19N3O/c1-3-5-13-18-14(10(2)16(17)19-13)12-7-4-6-11-8-9-20-15(11)12/h4,6-7H,3,5,8-9H2,1-2H3,(H2,17,18,19). The van der Waals surface area contributed by atoms with Crippen molar-refractivity contribution in [1.82, 2.24) is 9.97 Å². The molecule has 2 N–H and O–H groups in total. The van der Waals surface area contributed by atoms with Crippen molar-refractivity contribution in [1.29, 1.82) is 0 Å². The van der Waals surface area contributed by atoms with E-state index in [2.05, 4.69) is 30.1 Å². The molecule has 0 fully saturated rings. The van der Waals surface area contributed by atoms with Crippen LogP contribution in [0.3, 0.4) is 0 Å². The zero-order chi connectivity index (χ0) is 14.1. The number of anilines is 1. The Morgan fingerprint density at radius 3 is 2.95 bits per heavy atom. The van der Waals surface area contributed by atoms with Gasteiger partial charge in [0.05, 0.1) is 12.3 Å². The first kappa shape index (κ1) is 12.9. The van der Waals surface area contributed by atoms with Crippen LogP contribution in [0.5, 0.6) is 5.75 Å². The summed E-state index contributed by atoms with van der Waals surface area (Å²) in [6, 6.07) is 6.22. The Morgan fingerprint density at radius 1 is 1.30 bits per heavy atom. The largest absolute Gasteiger partial charge is 0.492 e. The van der Waals surface area contributed by atoms with Crippen molar-refractivity contribution in [2.75, 3.05) is 12.3 Å². The number of nitrogen functional groups attached to an aromatic ring is 1. The van der Waals surface area contributed by atoms with Crippen LogP contribution in [0.25, 0.3) is 11.3 Å². The van der Waals surface area contributed by atoms with E-state index < -0.39 is 0 Å². The molecule has 0 unspecified atom stereocenters. The van der Waals surface area contributed by atoms with Gasteiger partial charge in [0.2, 0.25) is 0 Å². The van der Waals surface area contributed by atoms with Gasteiger partial charge in [-0.05, 0) is 25.0 Å².